The van der Waals surface area contributed by atoms with Crippen molar-refractivity contribution in [1.82, 2.24) is 19.9 Å². The number of hydrogen-bond donors (Lipinski definition) is 1. The summed E-state index contributed by atoms with van der Waals surface area (Å²) in [6, 6.07) is 0.874. The number of aromatic nitrogens is 4. The lowest BCUT2D eigenvalue weighted by Crippen LogP contribution is -2.46. The SMILES string of the molecule is CN(C)c1nc2c(c(=O)[nH]1)CCC21CCCN(c2nccc(C(F)(F)F)n2)C1. The second-order valence-corrected chi connectivity index (χ2v) is 7.66. The molecule has 1 aliphatic heterocycles. The van der Waals surface area contributed by atoms with E-state index in [1.165, 1.54) is 0 Å². The van der Waals surface area contributed by atoms with Gasteiger partial charge in [0.15, 0.2) is 0 Å². The lowest BCUT2D eigenvalue weighted by atomic mass is 9.77. The summed E-state index contributed by atoms with van der Waals surface area (Å²) in [5, 5.41) is 0. The summed E-state index contributed by atoms with van der Waals surface area (Å²) >= 11 is 0. The van der Waals surface area contributed by atoms with E-state index in [9.17, 15) is 18.0 Å². The van der Waals surface area contributed by atoms with Crippen LogP contribution >= 0.6 is 0 Å². The van der Waals surface area contributed by atoms with Crippen LogP contribution in [-0.4, -0.2) is 47.1 Å². The van der Waals surface area contributed by atoms with Crippen molar-refractivity contribution >= 4 is 11.9 Å². The van der Waals surface area contributed by atoms with Crippen molar-refractivity contribution in [3.05, 3.63) is 39.6 Å². The average Bonchev–Trinajstić information content (AvgIpc) is 2.99. The predicted octanol–water partition coefficient (Wildman–Crippen LogP) is 2.13. The van der Waals surface area contributed by atoms with Crippen LogP contribution in [0.4, 0.5) is 25.1 Å². The highest BCUT2D eigenvalue weighted by atomic mass is 19.4. The number of anilines is 2. The maximum atomic E-state index is 13.0. The summed E-state index contributed by atoms with van der Waals surface area (Å²) in [5.74, 6) is 0.553. The van der Waals surface area contributed by atoms with Crippen molar-refractivity contribution in [1.29, 1.82) is 0 Å². The highest BCUT2D eigenvalue weighted by molar-refractivity contribution is 5.43. The molecule has 0 bridgehead atoms. The Morgan fingerprint density at radius 3 is 2.75 bits per heavy atom. The Morgan fingerprint density at radius 2 is 2.04 bits per heavy atom. The van der Waals surface area contributed by atoms with Crippen molar-refractivity contribution in [2.75, 3.05) is 37.0 Å². The summed E-state index contributed by atoms with van der Waals surface area (Å²) in [6.07, 6.45) is -0.417. The quantitative estimate of drug-likeness (QED) is 0.841. The standard InChI is InChI=1S/C18H21F3N6O/c1-26(2)16-24-13-11(14(28)25-16)4-7-17(13)6-3-9-27(10-17)15-22-8-5-12(23-15)18(19,20)21/h5,8H,3-4,6-7,9-10H2,1-2H3,(H,24,25,28). The van der Waals surface area contributed by atoms with Gasteiger partial charge in [-0.05, 0) is 31.7 Å². The number of hydrogen-bond acceptors (Lipinski definition) is 6. The molecule has 1 unspecified atom stereocenters. The first-order valence-electron chi connectivity index (χ1n) is 9.16. The van der Waals surface area contributed by atoms with E-state index >= 15 is 0 Å². The van der Waals surface area contributed by atoms with Crippen LogP contribution in [0.15, 0.2) is 17.1 Å². The van der Waals surface area contributed by atoms with Crippen molar-refractivity contribution < 1.29 is 13.2 Å². The Morgan fingerprint density at radius 1 is 1.25 bits per heavy atom. The third-order valence-electron chi connectivity index (χ3n) is 5.58. The minimum absolute atomic E-state index is 0.0695. The first kappa shape index (κ1) is 18.7. The first-order valence-corrected chi connectivity index (χ1v) is 9.16. The molecule has 150 valence electrons. The number of nitrogens with zero attached hydrogens (tertiary/aromatic N) is 5. The maximum absolute atomic E-state index is 13.0. The number of alkyl halides is 3. The van der Waals surface area contributed by atoms with Gasteiger partial charge in [-0.15, -0.1) is 0 Å². The zero-order valence-electron chi connectivity index (χ0n) is 15.7. The Labute approximate surface area is 159 Å². The number of halogens is 3. The monoisotopic (exact) mass is 394 g/mol. The largest absolute Gasteiger partial charge is 0.433 e. The second kappa shape index (κ2) is 6.46. The van der Waals surface area contributed by atoms with Crippen molar-refractivity contribution in [3.8, 4) is 0 Å². The Kier molecular flexibility index (Phi) is 4.31. The van der Waals surface area contributed by atoms with Gasteiger partial charge in [-0.1, -0.05) is 0 Å². The number of H-pyrrole nitrogens is 1. The molecule has 7 nitrogen and oxygen atoms in total. The van der Waals surface area contributed by atoms with Crippen LogP contribution in [0.3, 0.4) is 0 Å². The zero-order chi connectivity index (χ0) is 20.1. The van der Waals surface area contributed by atoms with Gasteiger partial charge < -0.3 is 9.80 Å². The molecule has 0 saturated carbocycles. The van der Waals surface area contributed by atoms with Gasteiger partial charge in [0.2, 0.25) is 11.9 Å². The Hall–Kier alpha value is -2.65. The summed E-state index contributed by atoms with van der Waals surface area (Å²) < 4.78 is 39.1. The molecule has 1 saturated heterocycles. The molecule has 1 N–H and O–H groups in total. The summed E-state index contributed by atoms with van der Waals surface area (Å²) in [4.78, 5) is 31.3. The van der Waals surface area contributed by atoms with Crippen LogP contribution in [0.1, 0.15) is 36.2 Å². The normalized spacial score (nSPS) is 21.8. The average molecular weight is 394 g/mol. The fraction of sp³-hybridized carbons (Fsp3) is 0.556. The molecule has 0 radical (unpaired) electrons. The van der Waals surface area contributed by atoms with E-state index in [2.05, 4.69) is 15.0 Å². The molecule has 1 fully saturated rings. The minimum atomic E-state index is -4.51. The zero-order valence-corrected chi connectivity index (χ0v) is 15.7. The molecule has 1 atom stereocenters. The number of fused-ring (bicyclic) bond motifs is 2. The van der Waals surface area contributed by atoms with Crippen LogP contribution in [0, 0.1) is 0 Å². The van der Waals surface area contributed by atoms with Crippen LogP contribution in [0.5, 0.6) is 0 Å². The molecule has 2 aliphatic rings. The topological polar surface area (TPSA) is 78.0 Å². The smallest absolute Gasteiger partial charge is 0.348 e. The number of nitrogens with one attached hydrogen (secondary N) is 1. The van der Waals surface area contributed by atoms with E-state index in [-0.39, 0.29) is 16.9 Å². The highest BCUT2D eigenvalue weighted by Crippen LogP contribution is 2.44. The molecule has 0 amide bonds. The van der Waals surface area contributed by atoms with E-state index in [4.69, 9.17) is 4.98 Å². The van der Waals surface area contributed by atoms with Gasteiger partial charge in [0.05, 0.1) is 5.69 Å². The summed E-state index contributed by atoms with van der Waals surface area (Å²) in [5.41, 5.74) is -0.0232. The number of piperidine rings is 1. The first-order chi connectivity index (χ1) is 13.2. The van der Waals surface area contributed by atoms with Crippen LogP contribution < -0.4 is 15.4 Å². The molecular formula is C18H21F3N6O. The fourth-order valence-electron chi connectivity index (χ4n) is 4.21. The molecule has 0 aromatic carbocycles. The van der Waals surface area contributed by atoms with Gasteiger partial charge in [0.25, 0.3) is 5.56 Å². The van der Waals surface area contributed by atoms with Gasteiger partial charge in [0.1, 0.15) is 5.69 Å². The molecule has 2 aromatic heterocycles. The van der Waals surface area contributed by atoms with Crippen LogP contribution in [0.2, 0.25) is 0 Å². The van der Waals surface area contributed by atoms with Gasteiger partial charge >= 0.3 is 6.18 Å². The molecule has 1 aliphatic carbocycles. The van der Waals surface area contributed by atoms with Gasteiger partial charge in [-0.2, -0.15) is 13.2 Å². The van der Waals surface area contributed by atoms with Crippen molar-refractivity contribution in [2.24, 2.45) is 0 Å². The highest BCUT2D eigenvalue weighted by Gasteiger charge is 2.45. The molecule has 2 aromatic rings. The Bertz CT molecular complexity index is 957. The third kappa shape index (κ3) is 3.10. The molecule has 1 spiro atoms. The van der Waals surface area contributed by atoms with E-state index in [1.54, 1.807) is 23.9 Å². The van der Waals surface area contributed by atoms with E-state index in [0.717, 1.165) is 37.2 Å². The predicted molar refractivity (Wildman–Crippen MR) is 97.7 cm³/mol. The van der Waals surface area contributed by atoms with E-state index in [1.807, 2.05) is 0 Å². The van der Waals surface area contributed by atoms with Gasteiger partial charge in [-0.25, -0.2) is 15.0 Å². The van der Waals surface area contributed by atoms with Gasteiger partial charge in [0, 0.05) is 44.4 Å². The second-order valence-electron chi connectivity index (χ2n) is 7.66. The van der Waals surface area contributed by atoms with E-state index in [0.29, 0.717) is 31.0 Å². The summed E-state index contributed by atoms with van der Waals surface area (Å²) in [7, 11) is 3.60. The lowest BCUT2D eigenvalue weighted by molar-refractivity contribution is -0.141. The molecule has 3 heterocycles. The molecule has 10 heteroatoms. The Balaban J connectivity index is 1.71. The van der Waals surface area contributed by atoms with Crippen molar-refractivity contribution in [2.45, 2.75) is 37.3 Å². The maximum Gasteiger partial charge on any atom is 0.433 e. The van der Waals surface area contributed by atoms with E-state index < -0.39 is 11.9 Å². The minimum Gasteiger partial charge on any atom is -0.348 e. The fourth-order valence-corrected chi connectivity index (χ4v) is 4.21. The number of rotatable bonds is 2. The third-order valence-corrected chi connectivity index (χ3v) is 5.58. The van der Waals surface area contributed by atoms with Crippen LogP contribution in [0.25, 0.3) is 0 Å². The summed E-state index contributed by atoms with van der Waals surface area (Å²) in [6.45, 7) is 1.02. The number of aromatic amines is 1. The molecule has 28 heavy (non-hydrogen) atoms. The molecule has 4 rings (SSSR count). The van der Waals surface area contributed by atoms with Crippen molar-refractivity contribution in [3.63, 3.8) is 0 Å². The van der Waals surface area contributed by atoms with Crippen LogP contribution in [-0.2, 0) is 18.0 Å². The van der Waals surface area contributed by atoms with Gasteiger partial charge in [-0.3, -0.25) is 9.78 Å². The lowest BCUT2D eigenvalue weighted by Gasteiger charge is -2.40. The molecular weight excluding hydrogens is 373 g/mol.